The Labute approximate surface area is 121 Å². The Morgan fingerprint density at radius 2 is 1.95 bits per heavy atom. The normalized spacial score (nSPS) is 17.4. The molecule has 20 heavy (non-hydrogen) atoms. The van der Waals surface area contributed by atoms with Crippen molar-refractivity contribution in [1.82, 2.24) is 9.97 Å². The number of piperidine rings is 1. The number of hydrogen-bond acceptors (Lipinski definition) is 5. The number of hydrogen-bond donors (Lipinski definition) is 2. The third kappa shape index (κ3) is 3.39. The first-order valence-electron chi connectivity index (χ1n) is 7.53. The standard InChI is InChI=1S/C15H27N5/c1-5-12-17-13(19-16)10-14(18-12)20-8-6-11(7-9-20)15(2,3)4/h10-11H,5-9,16H2,1-4H3,(H,17,18,19). The Morgan fingerprint density at radius 3 is 2.45 bits per heavy atom. The molecule has 5 nitrogen and oxygen atoms in total. The summed E-state index contributed by atoms with van der Waals surface area (Å²) < 4.78 is 0. The summed E-state index contributed by atoms with van der Waals surface area (Å²) >= 11 is 0. The lowest BCUT2D eigenvalue weighted by molar-refractivity contribution is 0.198. The molecule has 0 aliphatic carbocycles. The molecule has 0 unspecified atom stereocenters. The van der Waals surface area contributed by atoms with Crippen LogP contribution in [0.25, 0.3) is 0 Å². The summed E-state index contributed by atoms with van der Waals surface area (Å²) in [6.07, 6.45) is 3.27. The highest BCUT2D eigenvalue weighted by Crippen LogP contribution is 2.35. The van der Waals surface area contributed by atoms with E-state index >= 15 is 0 Å². The SMILES string of the molecule is CCc1nc(NN)cc(N2CCC(C(C)(C)C)CC2)n1. The zero-order valence-electron chi connectivity index (χ0n) is 13.1. The van der Waals surface area contributed by atoms with Gasteiger partial charge in [-0.15, -0.1) is 0 Å². The Balaban J connectivity index is 2.10. The van der Waals surface area contributed by atoms with Gasteiger partial charge in [0.25, 0.3) is 0 Å². The molecule has 1 aliphatic rings. The van der Waals surface area contributed by atoms with Crippen LogP contribution in [-0.2, 0) is 6.42 Å². The minimum Gasteiger partial charge on any atom is -0.356 e. The Bertz CT molecular complexity index is 422. The van der Waals surface area contributed by atoms with Crippen molar-refractivity contribution in [3.63, 3.8) is 0 Å². The largest absolute Gasteiger partial charge is 0.356 e. The molecule has 0 radical (unpaired) electrons. The molecule has 0 bridgehead atoms. The van der Waals surface area contributed by atoms with Gasteiger partial charge in [0.15, 0.2) is 0 Å². The monoisotopic (exact) mass is 277 g/mol. The van der Waals surface area contributed by atoms with Crippen LogP contribution in [-0.4, -0.2) is 23.1 Å². The van der Waals surface area contributed by atoms with Gasteiger partial charge >= 0.3 is 0 Å². The van der Waals surface area contributed by atoms with Gasteiger partial charge in [-0.25, -0.2) is 15.8 Å². The molecule has 5 heteroatoms. The van der Waals surface area contributed by atoms with Crippen LogP contribution in [0.5, 0.6) is 0 Å². The number of aromatic nitrogens is 2. The molecule has 1 saturated heterocycles. The van der Waals surface area contributed by atoms with Crippen LogP contribution >= 0.6 is 0 Å². The highest BCUT2D eigenvalue weighted by atomic mass is 15.3. The van der Waals surface area contributed by atoms with Crippen molar-refractivity contribution in [3.05, 3.63) is 11.9 Å². The van der Waals surface area contributed by atoms with E-state index in [-0.39, 0.29) is 0 Å². The highest BCUT2D eigenvalue weighted by molar-refractivity contribution is 5.49. The molecule has 1 aliphatic heterocycles. The summed E-state index contributed by atoms with van der Waals surface area (Å²) in [5, 5.41) is 0. The number of nitrogen functional groups attached to an aromatic ring is 1. The van der Waals surface area contributed by atoms with E-state index in [1.165, 1.54) is 12.8 Å². The first-order chi connectivity index (χ1) is 9.44. The van der Waals surface area contributed by atoms with Crippen molar-refractivity contribution in [3.8, 4) is 0 Å². The number of nitrogens with two attached hydrogens (primary N) is 1. The molecule has 0 amide bonds. The molecule has 0 spiro atoms. The van der Waals surface area contributed by atoms with E-state index < -0.39 is 0 Å². The van der Waals surface area contributed by atoms with Crippen molar-refractivity contribution in [1.29, 1.82) is 0 Å². The van der Waals surface area contributed by atoms with Crippen LogP contribution in [0.15, 0.2) is 6.07 Å². The maximum absolute atomic E-state index is 5.49. The van der Waals surface area contributed by atoms with Crippen LogP contribution in [0.4, 0.5) is 11.6 Å². The molecule has 1 aromatic rings. The fourth-order valence-electron chi connectivity index (χ4n) is 2.85. The van der Waals surface area contributed by atoms with Crippen LogP contribution < -0.4 is 16.2 Å². The number of aryl methyl sites for hydroxylation is 1. The smallest absolute Gasteiger partial charge is 0.145 e. The molecule has 1 fully saturated rings. The number of hydrazine groups is 1. The molecule has 2 rings (SSSR count). The quantitative estimate of drug-likeness (QED) is 0.656. The molecule has 0 saturated carbocycles. The predicted molar refractivity (Wildman–Crippen MR) is 83.6 cm³/mol. The first kappa shape index (κ1) is 15.0. The van der Waals surface area contributed by atoms with Gasteiger partial charge in [0.2, 0.25) is 0 Å². The summed E-state index contributed by atoms with van der Waals surface area (Å²) in [4.78, 5) is 11.3. The van der Waals surface area contributed by atoms with Gasteiger partial charge in [-0.3, -0.25) is 0 Å². The second kappa shape index (κ2) is 5.95. The zero-order valence-corrected chi connectivity index (χ0v) is 13.1. The maximum Gasteiger partial charge on any atom is 0.145 e. The van der Waals surface area contributed by atoms with Gasteiger partial charge < -0.3 is 10.3 Å². The number of anilines is 2. The Kier molecular flexibility index (Phi) is 4.48. The number of nitrogens with zero attached hydrogens (tertiary/aromatic N) is 3. The van der Waals surface area contributed by atoms with Gasteiger partial charge in [-0.1, -0.05) is 27.7 Å². The fraction of sp³-hybridized carbons (Fsp3) is 0.733. The maximum atomic E-state index is 5.49. The topological polar surface area (TPSA) is 67.1 Å². The van der Waals surface area contributed by atoms with Crippen molar-refractivity contribution in [2.75, 3.05) is 23.4 Å². The average molecular weight is 277 g/mol. The second-order valence-corrected chi connectivity index (χ2v) is 6.65. The molecule has 0 atom stereocenters. The number of rotatable bonds is 3. The lowest BCUT2D eigenvalue weighted by atomic mass is 9.75. The zero-order chi connectivity index (χ0) is 14.8. The van der Waals surface area contributed by atoms with Crippen molar-refractivity contribution < 1.29 is 0 Å². The predicted octanol–water partition coefficient (Wildman–Crippen LogP) is 2.59. The van der Waals surface area contributed by atoms with Crippen molar-refractivity contribution in [2.24, 2.45) is 17.2 Å². The lowest BCUT2D eigenvalue weighted by Crippen LogP contribution is -2.38. The van der Waals surface area contributed by atoms with Gasteiger partial charge in [0.05, 0.1) is 0 Å². The molecule has 0 aromatic carbocycles. The fourth-order valence-corrected chi connectivity index (χ4v) is 2.85. The van der Waals surface area contributed by atoms with E-state index in [4.69, 9.17) is 5.84 Å². The van der Waals surface area contributed by atoms with Crippen molar-refractivity contribution >= 4 is 11.6 Å². The summed E-state index contributed by atoms with van der Waals surface area (Å²) in [7, 11) is 0. The molecular weight excluding hydrogens is 250 g/mol. The van der Waals surface area contributed by atoms with E-state index in [0.717, 1.165) is 37.1 Å². The van der Waals surface area contributed by atoms with Gasteiger partial charge in [-0.2, -0.15) is 0 Å². The first-order valence-corrected chi connectivity index (χ1v) is 7.53. The second-order valence-electron chi connectivity index (χ2n) is 6.65. The van der Waals surface area contributed by atoms with Crippen LogP contribution in [0.1, 0.15) is 46.4 Å². The molecule has 3 N–H and O–H groups in total. The summed E-state index contributed by atoms with van der Waals surface area (Å²) in [5.74, 6) is 8.82. The third-order valence-electron chi connectivity index (χ3n) is 4.27. The molecular formula is C15H27N5. The van der Waals surface area contributed by atoms with Crippen LogP contribution in [0, 0.1) is 11.3 Å². The molecule has 1 aromatic heterocycles. The van der Waals surface area contributed by atoms with E-state index in [2.05, 4.69) is 48.0 Å². The lowest BCUT2D eigenvalue weighted by Gasteiger charge is -2.39. The molecule has 2 heterocycles. The van der Waals surface area contributed by atoms with Gasteiger partial charge in [-0.05, 0) is 24.2 Å². The number of nitrogens with one attached hydrogen (secondary N) is 1. The van der Waals surface area contributed by atoms with E-state index in [1.807, 2.05) is 6.07 Å². The van der Waals surface area contributed by atoms with E-state index in [9.17, 15) is 0 Å². The van der Waals surface area contributed by atoms with E-state index in [0.29, 0.717) is 11.2 Å². The highest BCUT2D eigenvalue weighted by Gasteiger charge is 2.29. The Hall–Kier alpha value is -1.36. The van der Waals surface area contributed by atoms with Crippen LogP contribution in [0.2, 0.25) is 0 Å². The molecule has 112 valence electrons. The Morgan fingerprint density at radius 1 is 1.30 bits per heavy atom. The summed E-state index contributed by atoms with van der Waals surface area (Å²) in [6, 6.07) is 1.94. The van der Waals surface area contributed by atoms with Crippen molar-refractivity contribution in [2.45, 2.75) is 47.0 Å². The van der Waals surface area contributed by atoms with Crippen LogP contribution in [0.3, 0.4) is 0 Å². The van der Waals surface area contributed by atoms with E-state index in [1.54, 1.807) is 0 Å². The third-order valence-corrected chi connectivity index (χ3v) is 4.27. The summed E-state index contributed by atoms with van der Waals surface area (Å²) in [5.41, 5.74) is 3.04. The van der Waals surface area contributed by atoms with Gasteiger partial charge in [0.1, 0.15) is 17.5 Å². The minimum atomic E-state index is 0.399. The summed E-state index contributed by atoms with van der Waals surface area (Å²) in [6.45, 7) is 11.2. The van der Waals surface area contributed by atoms with Gasteiger partial charge in [0, 0.05) is 25.6 Å². The average Bonchev–Trinajstić information content (AvgIpc) is 2.46. The minimum absolute atomic E-state index is 0.399.